The molecule has 0 aliphatic heterocycles. The third-order valence-corrected chi connectivity index (χ3v) is 9.04. The number of halogens is 2. The molecule has 0 aromatic rings. The van der Waals surface area contributed by atoms with E-state index in [1.54, 1.807) is 6.08 Å². The maximum absolute atomic E-state index is 14.7. The quantitative estimate of drug-likeness (QED) is 0.708. The molecule has 0 aromatic heterocycles. The largest absolute Gasteiger partial charge is 0.327 e. The lowest BCUT2D eigenvalue weighted by atomic mass is 9.47. The topological polar surface area (TPSA) is 29.1 Å². The lowest BCUT2D eigenvalue weighted by Gasteiger charge is -2.58. The molecule has 1 unspecified atom stereocenters. The number of hydrogen-bond acceptors (Lipinski definition) is 2. The fourth-order valence-electron chi connectivity index (χ4n) is 7.39. The number of rotatable bonds is 2. The Labute approximate surface area is 155 Å². The Kier molecular flexibility index (Phi) is 3.60. The van der Waals surface area contributed by atoms with Gasteiger partial charge in [0, 0.05) is 24.1 Å². The van der Waals surface area contributed by atoms with E-state index in [9.17, 15) is 13.6 Å². The van der Waals surface area contributed by atoms with Crippen LogP contribution in [0, 0.1) is 28.6 Å². The van der Waals surface area contributed by atoms with Crippen LogP contribution in [0.5, 0.6) is 0 Å². The molecule has 2 nitrogen and oxygen atoms in total. The van der Waals surface area contributed by atoms with Gasteiger partial charge in [0.15, 0.2) is 0 Å². The summed E-state index contributed by atoms with van der Waals surface area (Å²) in [4.78, 5) is 11.9. The van der Waals surface area contributed by atoms with Crippen molar-refractivity contribution in [3.05, 3.63) is 11.6 Å². The minimum Gasteiger partial charge on any atom is -0.311 e. The first-order valence-corrected chi connectivity index (χ1v) is 10.6. The van der Waals surface area contributed by atoms with Crippen molar-refractivity contribution in [2.24, 2.45) is 28.6 Å². The van der Waals surface area contributed by atoms with Crippen molar-refractivity contribution in [2.75, 3.05) is 0 Å². The normalized spacial score (nSPS) is 49.8. The molecule has 0 saturated heterocycles. The zero-order valence-electron chi connectivity index (χ0n) is 16.0. The lowest BCUT2D eigenvalue weighted by molar-refractivity contribution is -0.149. The summed E-state index contributed by atoms with van der Waals surface area (Å²) in [6, 6.07) is 1.33. The zero-order chi connectivity index (χ0) is 18.3. The van der Waals surface area contributed by atoms with E-state index >= 15 is 0 Å². The second kappa shape index (κ2) is 5.40. The molecule has 1 N–H and O–H groups in total. The maximum Gasteiger partial charge on any atom is 0.327 e. The number of Topliss-reactive ketones (excluding diaryl/α,β-unsaturated/α-hetero) is 1. The fraction of sp³-hybridized carbons (Fsp3) is 0.864. The molecule has 5 aliphatic carbocycles. The highest BCUT2D eigenvalue weighted by molar-refractivity contribution is 5.90. The molecule has 4 saturated carbocycles. The van der Waals surface area contributed by atoms with Crippen molar-refractivity contribution in [3.63, 3.8) is 0 Å². The van der Waals surface area contributed by atoms with Gasteiger partial charge in [-0.05, 0) is 80.0 Å². The summed E-state index contributed by atoms with van der Waals surface area (Å²) in [7, 11) is 0. The first-order chi connectivity index (χ1) is 12.3. The van der Waals surface area contributed by atoms with Gasteiger partial charge in [0.1, 0.15) is 0 Å². The van der Waals surface area contributed by atoms with Gasteiger partial charge >= 0.3 is 5.92 Å². The Hall–Kier alpha value is -0.770. The van der Waals surface area contributed by atoms with Crippen molar-refractivity contribution < 1.29 is 13.6 Å². The van der Waals surface area contributed by atoms with Gasteiger partial charge in [-0.25, -0.2) is 0 Å². The first-order valence-electron chi connectivity index (χ1n) is 10.6. The molecule has 5 aliphatic rings. The van der Waals surface area contributed by atoms with E-state index in [0.717, 1.165) is 25.3 Å². The Bertz CT molecular complexity index is 669. The Morgan fingerprint density at radius 2 is 1.81 bits per heavy atom. The van der Waals surface area contributed by atoms with Crippen molar-refractivity contribution in [1.82, 2.24) is 5.32 Å². The van der Waals surface area contributed by atoms with Gasteiger partial charge in [0.2, 0.25) is 5.78 Å². The van der Waals surface area contributed by atoms with Crippen LogP contribution in [-0.4, -0.2) is 23.8 Å². The third kappa shape index (κ3) is 2.20. The number of hydrogen-bond donors (Lipinski definition) is 1. The number of fused-ring (bicyclic) bond motifs is 5. The molecule has 0 heterocycles. The van der Waals surface area contributed by atoms with E-state index < -0.39 is 17.1 Å². The van der Waals surface area contributed by atoms with Crippen LogP contribution >= 0.6 is 0 Å². The number of alkyl halides is 2. The van der Waals surface area contributed by atoms with Crippen LogP contribution in [0.25, 0.3) is 0 Å². The van der Waals surface area contributed by atoms with E-state index in [1.165, 1.54) is 25.7 Å². The van der Waals surface area contributed by atoms with Gasteiger partial charge in [0.05, 0.1) is 0 Å². The SMILES string of the molecule is C[C@]12CCC(=O)C(F)(F)C1=CC[C@@H]1[C@H]2CC[C@]2(C)C(NC3CC3)CC[C@@H]12. The van der Waals surface area contributed by atoms with Gasteiger partial charge in [-0.15, -0.1) is 0 Å². The van der Waals surface area contributed by atoms with Crippen LogP contribution in [0.1, 0.15) is 71.6 Å². The molecule has 0 spiro atoms. The van der Waals surface area contributed by atoms with E-state index in [-0.39, 0.29) is 12.0 Å². The smallest absolute Gasteiger partial charge is 0.311 e. The average Bonchev–Trinajstić information content (AvgIpc) is 3.34. The van der Waals surface area contributed by atoms with Gasteiger partial charge in [-0.2, -0.15) is 8.78 Å². The van der Waals surface area contributed by atoms with Crippen LogP contribution in [0.2, 0.25) is 0 Å². The molecule has 0 radical (unpaired) electrons. The molecule has 0 bridgehead atoms. The van der Waals surface area contributed by atoms with E-state index in [0.29, 0.717) is 35.6 Å². The Morgan fingerprint density at radius 1 is 1.04 bits per heavy atom. The van der Waals surface area contributed by atoms with Crippen molar-refractivity contribution in [3.8, 4) is 0 Å². The number of carbonyl (C=O) groups excluding carboxylic acids is 1. The fourth-order valence-corrected chi connectivity index (χ4v) is 7.39. The van der Waals surface area contributed by atoms with Gasteiger partial charge in [-0.3, -0.25) is 4.79 Å². The van der Waals surface area contributed by atoms with Crippen molar-refractivity contribution in [1.29, 1.82) is 0 Å². The monoisotopic (exact) mass is 363 g/mol. The summed E-state index contributed by atoms with van der Waals surface area (Å²) < 4.78 is 29.3. The zero-order valence-corrected chi connectivity index (χ0v) is 16.0. The van der Waals surface area contributed by atoms with Crippen LogP contribution in [-0.2, 0) is 4.79 Å². The molecule has 144 valence electrons. The standard InChI is InChI=1S/C22H31F2NO/c1-20-12-10-19(26)22(23,24)17(20)7-5-14-15-6-8-18(25-13-3-4-13)21(15,2)11-9-16(14)20/h7,13-16,18,25H,3-6,8-12H2,1-2H3/t14-,15-,16+,18?,20+,21-/m0/s1. The second-order valence-corrected chi connectivity index (χ2v) is 10.3. The number of allylic oxidation sites excluding steroid dienone is 2. The van der Waals surface area contributed by atoms with Crippen LogP contribution in [0.3, 0.4) is 0 Å². The predicted molar refractivity (Wildman–Crippen MR) is 97.0 cm³/mol. The Morgan fingerprint density at radius 3 is 2.54 bits per heavy atom. The molecular formula is C22H31F2NO. The predicted octanol–water partition coefficient (Wildman–Crippen LogP) is 4.88. The molecule has 4 heteroatoms. The van der Waals surface area contributed by atoms with Gasteiger partial charge < -0.3 is 5.32 Å². The third-order valence-electron chi connectivity index (χ3n) is 9.04. The highest BCUT2D eigenvalue weighted by Crippen LogP contribution is 2.66. The summed E-state index contributed by atoms with van der Waals surface area (Å²) in [6.07, 6.45) is 10.5. The number of nitrogens with one attached hydrogen (secondary N) is 1. The van der Waals surface area contributed by atoms with Crippen molar-refractivity contribution >= 4 is 5.78 Å². The first kappa shape index (κ1) is 17.3. The minimum atomic E-state index is -3.23. The minimum absolute atomic E-state index is 0.0395. The van der Waals surface area contributed by atoms with E-state index in [1.807, 2.05) is 6.92 Å². The molecule has 5 rings (SSSR count). The van der Waals surface area contributed by atoms with Crippen LogP contribution in [0.4, 0.5) is 8.78 Å². The highest BCUT2D eigenvalue weighted by Gasteiger charge is 2.63. The highest BCUT2D eigenvalue weighted by atomic mass is 19.3. The van der Waals surface area contributed by atoms with E-state index in [4.69, 9.17) is 0 Å². The number of ketones is 1. The molecule has 26 heavy (non-hydrogen) atoms. The van der Waals surface area contributed by atoms with Crippen molar-refractivity contribution in [2.45, 2.75) is 89.6 Å². The lowest BCUT2D eigenvalue weighted by Crippen LogP contribution is -2.56. The van der Waals surface area contributed by atoms with Crippen LogP contribution < -0.4 is 5.32 Å². The molecule has 4 fully saturated rings. The van der Waals surface area contributed by atoms with E-state index in [2.05, 4.69) is 12.2 Å². The number of carbonyl (C=O) groups is 1. The molecular weight excluding hydrogens is 332 g/mol. The van der Waals surface area contributed by atoms with Crippen LogP contribution in [0.15, 0.2) is 11.6 Å². The Balaban J connectivity index is 1.46. The molecule has 6 atom stereocenters. The summed E-state index contributed by atoms with van der Waals surface area (Å²) in [5, 5.41) is 3.89. The summed E-state index contributed by atoms with van der Waals surface area (Å²) in [5.41, 5.74) is -0.000893. The molecule has 0 amide bonds. The summed E-state index contributed by atoms with van der Waals surface area (Å²) in [5.74, 6) is -2.63. The van der Waals surface area contributed by atoms with Gasteiger partial charge in [-0.1, -0.05) is 19.9 Å². The maximum atomic E-state index is 14.7. The van der Waals surface area contributed by atoms with Gasteiger partial charge in [0.25, 0.3) is 0 Å². The summed E-state index contributed by atoms with van der Waals surface area (Å²) >= 11 is 0. The second-order valence-electron chi connectivity index (χ2n) is 10.3. The average molecular weight is 363 g/mol. The molecule has 0 aromatic carbocycles. The summed E-state index contributed by atoms with van der Waals surface area (Å²) in [6.45, 7) is 4.50.